The third-order valence-electron chi connectivity index (χ3n) is 2.52. The van der Waals surface area contributed by atoms with Crippen molar-refractivity contribution in [2.24, 2.45) is 0 Å². The summed E-state index contributed by atoms with van der Waals surface area (Å²) in [5, 5.41) is 11.8. The summed E-state index contributed by atoms with van der Waals surface area (Å²) in [6, 6.07) is 7.80. The molecule has 1 aromatic rings. The molecule has 0 aliphatic heterocycles. The lowest BCUT2D eigenvalue weighted by molar-refractivity contribution is -0.118. The maximum Gasteiger partial charge on any atom is 0.230 e. The molecule has 0 aromatic heterocycles. The number of hydrogen-bond donors (Lipinski definition) is 2. The van der Waals surface area contributed by atoms with Gasteiger partial charge in [-0.3, -0.25) is 4.79 Å². The summed E-state index contributed by atoms with van der Waals surface area (Å²) in [6.07, 6.45) is 1.94. The predicted molar refractivity (Wildman–Crippen MR) is 76.7 cm³/mol. The molecule has 0 aliphatic rings. The fourth-order valence-electron chi connectivity index (χ4n) is 1.52. The van der Waals surface area contributed by atoms with E-state index >= 15 is 0 Å². The first-order valence-electron chi connectivity index (χ1n) is 6.29. The zero-order valence-corrected chi connectivity index (χ0v) is 11.6. The Balaban J connectivity index is 2.18. The van der Waals surface area contributed by atoms with Gasteiger partial charge in [-0.15, -0.1) is 0 Å². The van der Waals surface area contributed by atoms with E-state index in [1.54, 1.807) is 11.8 Å². The second-order valence-corrected chi connectivity index (χ2v) is 5.23. The number of nitrogens with one attached hydrogen (secondary N) is 1. The molecular weight excluding hydrogens is 246 g/mol. The number of carbonyl (C=O) groups excluding carboxylic acids is 1. The normalized spacial score (nSPS) is 10.3. The highest BCUT2D eigenvalue weighted by molar-refractivity contribution is 7.99. The fourth-order valence-corrected chi connectivity index (χ4v) is 2.24. The Bertz CT molecular complexity index is 351. The Morgan fingerprint density at radius 3 is 2.56 bits per heavy atom. The van der Waals surface area contributed by atoms with Crippen LogP contribution in [-0.4, -0.2) is 29.1 Å². The number of aliphatic hydroxyl groups excluding tert-OH is 1. The average Bonchev–Trinajstić information content (AvgIpc) is 2.40. The zero-order chi connectivity index (χ0) is 13.2. The van der Waals surface area contributed by atoms with Crippen LogP contribution in [0.2, 0.25) is 0 Å². The van der Waals surface area contributed by atoms with Crippen molar-refractivity contribution in [1.29, 1.82) is 0 Å². The molecular formula is C14H21NO2S. The molecule has 100 valence electrons. The summed E-state index contributed by atoms with van der Waals surface area (Å²) in [6.45, 7) is 2.86. The molecule has 0 spiro atoms. The van der Waals surface area contributed by atoms with E-state index in [-0.39, 0.29) is 12.5 Å². The van der Waals surface area contributed by atoms with Crippen LogP contribution in [0.15, 0.2) is 24.3 Å². The molecule has 18 heavy (non-hydrogen) atoms. The standard InChI is InChI=1S/C14H21NO2S/c1-2-9-18-11-14(17)15-8-7-12-3-5-13(10-16)6-4-12/h3-6,16H,2,7-11H2,1H3,(H,15,17). The number of hydrogen-bond acceptors (Lipinski definition) is 3. The summed E-state index contributed by atoms with van der Waals surface area (Å²) in [5.41, 5.74) is 2.09. The minimum Gasteiger partial charge on any atom is -0.392 e. The molecule has 0 atom stereocenters. The van der Waals surface area contributed by atoms with Crippen LogP contribution in [0.25, 0.3) is 0 Å². The van der Waals surface area contributed by atoms with Crippen LogP contribution in [0, 0.1) is 0 Å². The minimum absolute atomic E-state index is 0.0751. The highest BCUT2D eigenvalue weighted by Gasteiger charge is 2.00. The highest BCUT2D eigenvalue weighted by Crippen LogP contribution is 2.05. The molecule has 1 aromatic carbocycles. The lowest BCUT2D eigenvalue weighted by Gasteiger charge is -2.05. The van der Waals surface area contributed by atoms with Crippen molar-refractivity contribution in [3.8, 4) is 0 Å². The van der Waals surface area contributed by atoms with Crippen molar-refractivity contribution < 1.29 is 9.90 Å². The third-order valence-corrected chi connectivity index (χ3v) is 3.69. The Morgan fingerprint density at radius 1 is 1.28 bits per heavy atom. The van der Waals surface area contributed by atoms with Crippen molar-refractivity contribution in [2.75, 3.05) is 18.1 Å². The average molecular weight is 267 g/mol. The predicted octanol–water partition coefficient (Wildman–Crippen LogP) is 1.98. The Kier molecular flexibility index (Phi) is 7.53. The van der Waals surface area contributed by atoms with Crippen LogP contribution >= 0.6 is 11.8 Å². The molecule has 1 rings (SSSR count). The highest BCUT2D eigenvalue weighted by atomic mass is 32.2. The first-order chi connectivity index (χ1) is 8.76. The molecule has 0 saturated carbocycles. The SMILES string of the molecule is CCCSCC(=O)NCCc1ccc(CO)cc1. The quantitative estimate of drug-likeness (QED) is 0.708. The van der Waals surface area contributed by atoms with E-state index in [1.165, 1.54) is 5.56 Å². The van der Waals surface area contributed by atoms with Crippen LogP contribution < -0.4 is 5.32 Å². The van der Waals surface area contributed by atoms with Gasteiger partial charge in [-0.05, 0) is 29.7 Å². The molecule has 0 radical (unpaired) electrons. The van der Waals surface area contributed by atoms with Crippen molar-refractivity contribution in [3.63, 3.8) is 0 Å². The van der Waals surface area contributed by atoms with Gasteiger partial charge in [0.25, 0.3) is 0 Å². The van der Waals surface area contributed by atoms with Crippen LogP contribution in [0.1, 0.15) is 24.5 Å². The molecule has 0 saturated heterocycles. The van der Waals surface area contributed by atoms with E-state index < -0.39 is 0 Å². The Hall–Kier alpha value is -1.00. The first-order valence-corrected chi connectivity index (χ1v) is 7.45. The van der Waals surface area contributed by atoms with E-state index in [9.17, 15) is 4.79 Å². The van der Waals surface area contributed by atoms with Crippen LogP contribution in [0.3, 0.4) is 0 Å². The van der Waals surface area contributed by atoms with Crippen molar-refractivity contribution in [2.45, 2.75) is 26.4 Å². The molecule has 0 unspecified atom stereocenters. The number of aliphatic hydroxyl groups is 1. The number of rotatable bonds is 8. The smallest absolute Gasteiger partial charge is 0.230 e. The number of amides is 1. The lowest BCUT2D eigenvalue weighted by atomic mass is 10.1. The lowest BCUT2D eigenvalue weighted by Crippen LogP contribution is -2.27. The Morgan fingerprint density at radius 2 is 1.94 bits per heavy atom. The first kappa shape index (κ1) is 15.1. The van der Waals surface area contributed by atoms with Gasteiger partial charge in [0.05, 0.1) is 12.4 Å². The molecule has 0 bridgehead atoms. The van der Waals surface area contributed by atoms with E-state index in [1.807, 2.05) is 24.3 Å². The second kappa shape index (κ2) is 9.00. The molecule has 1 amide bonds. The van der Waals surface area contributed by atoms with Gasteiger partial charge >= 0.3 is 0 Å². The molecule has 3 nitrogen and oxygen atoms in total. The molecule has 2 N–H and O–H groups in total. The van der Waals surface area contributed by atoms with Gasteiger partial charge in [0.2, 0.25) is 5.91 Å². The van der Waals surface area contributed by atoms with Gasteiger partial charge in [-0.2, -0.15) is 11.8 Å². The molecule has 0 aliphatic carbocycles. The molecule has 0 fully saturated rings. The second-order valence-electron chi connectivity index (χ2n) is 4.13. The van der Waals surface area contributed by atoms with Gasteiger partial charge in [-0.25, -0.2) is 0 Å². The maximum absolute atomic E-state index is 11.4. The Labute approximate surface area is 113 Å². The fraction of sp³-hybridized carbons (Fsp3) is 0.500. The molecule has 4 heteroatoms. The number of benzene rings is 1. The monoisotopic (exact) mass is 267 g/mol. The molecule has 0 heterocycles. The minimum atomic E-state index is 0.0751. The number of carbonyl (C=O) groups is 1. The van der Waals surface area contributed by atoms with Gasteiger partial charge in [0.15, 0.2) is 0 Å². The van der Waals surface area contributed by atoms with Crippen LogP contribution in [0.4, 0.5) is 0 Å². The summed E-state index contributed by atoms with van der Waals surface area (Å²) >= 11 is 1.67. The van der Waals surface area contributed by atoms with E-state index in [2.05, 4.69) is 12.2 Å². The summed E-state index contributed by atoms with van der Waals surface area (Å²) < 4.78 is 0. The van der Waals surface area contributed by atoms with E-state index in [0.717, 1.165) is 24.2 Å². The van der Waals surface area contributed by atoms with Crippen molar-refractivity contribution in [3.05, 3.63) is 35.4 Å². The van der Waals surface area contributed by atoms with Crippen LogP contribution in [-0.2, 0) is 17.8 Å². The van der Waals surface area contributed by atoms with Crippen molar-refractivity contribution in [1.82, 2.24) is 5.32 Å². The van der Waals surface area contributed by atoms with E-state index in [4.69, 9.17) is 5.11 Å². The summed E-state index contributed by atoms with van der Waals surface area (Å²) in [7, 11) is 0. The summed E-state index contributed by atoms with van der Waals surface area (Å²) in [4.78, 5) is 11.4. The topological polar surface area (TPSA) is 49.3 Å². The van der Waals surface area contributed by atoms with Gasteiger partial charge in [0.1, 0.15) is 0 Å². The third kappa shape index (κ3) is 6.07. The van der Waals surface area contributed by atoms with Gasteiger partial charge < -0.3 is 10.4 Å². The van der Waals surface area contributed by atoms with Gasteiger partial charge in [-0.1, -0.05) is 31.2 Å². The number of thioether (sulfide) groups is 1. The van der Waals surface area contributed by atoms with Gasteiger partial charge in [0, 0.05) is 6.54 Å². The van der Waals surface area contributed by atoms with Crippen molar-refractivity contribution >= 4 is 17.7 Å². The zero-order valence-electron chi connectivity index (χ0n) is 10.8. The summed E-state index contributed by atoms with van der Waals surface area (Å²) in [5.74, 6) is 1.70. The largest absolute Gasteiger partial charge is 0.392 e. The van der Waals surface area contributed by atoms with E-state index in [0.29, 0.717) is 12.3 Å². The van der Waals surface area contributed by atoms with Crippen LogP contribution in [0.5, 0.6) is 0 Å². The maximum atomic E-state index is 11.4.